The fourth-order valence-corrected chi connectivity index (χ4v) is 2.34. The largest absolute Gasteiger partial charge is 0.393 e. The number of thiazole rings is 1. The van der Waals surface area contributed by atoms with Gasteiger partial charge in [-0.05, 0) is 6.92 Å². The van der Waals surface area contributed by atoms with Gasteiger partial charge in [0.05, 0.1) is 17.8 Å². The number of carbonyl (C=O) groups is 2. The van der Waals surface area contributed by atoms with Crippen LogP contribution in [0.25, 0.3) is 0 Å². The van der Waals surface area contributed by atoms with Crippen LogP contribution in [0.15, 0.2) is 6.20 Å². The molecule has 14 heavy (non-hydrogen) atoms. The molecule has 0 aromatic carbocycles. The zero-order valence-corrected chi connectivity index (χ0v) is 8.47. The Bertz CT molecular complexity index is 369. The van der Waals surface area contributed by atoms with E-state index in [0.29, 0.717) is 0 Å². The number of ether oxygens (including phenoxy) is 1. The van der Waals surface area contributed by atoms with E-state index >= 15 is 0 Å². The Labute approximate surface area is 84.9 Å². The quantitative estimate of drug-likeness (QED) is 0.520. The summed E-state index contributed by atoms with van der Waals surface area (Å²) in [6, 6.07) is 0. The van der Waals surface area contributed by atoms with Gasteiger partial charge < -0.3 is 4.74 Å². The molecule has 1 aliphatic rings. The lowest BCUT2D eigenvalue weighted by atomic mass is 9.98. The van der Waals surface area contributed by atoms with Gasteiger partial charge >= 0.3 is 11.9 Å². The Morgan fingerprint density at radius 2 is 2.07 bits per heavy atom. The van der Waals surface area contributed by atoms with Gasteiger partial charge in [0.25, 0.3) is 0 Å². The van der Waals surface area contributed by atoms with Gasteiger partial charge in [0, 0.05) is 17.0 Å². The SMILES string of the molecule is Cc1ncc(C2CC(=O)OC(=O)C2)s1. The molecule has 1 aromatic heterocycles. The van der Waals surface area contributed by atoms with Crippen molar-refractivity contribution < 1.29 is 14.3 Å². The zero-order valence-electron chi connectivity index (χ0n) is 7.65. The number of carbonyl (C=O) groups excluding carboxylic acids is 2. The Kier molecular flexibility index (Phi) is 2.33. The molecule has 0 amide bonds. The number of rotatable bonds is 1. The van der Waals surface area contributed by atoms with Crippen LogP contribution in [-0.4, -0.2) is 16.9 Å². The molecule has 5 heteroatoms. The molecule has 0 saturated carbocycles. The van der Waals surface area contributed by atoms with Gasteiger partial charge in [-0.25, -0.2) is 4.98 Å². The Morgan fingerprint density at radius 1 is 1.43 bits per heavy atom. The Balaban J connectivity index is 2.18. The number of aromatic nitrogens is 1. The molecule has 1 aliphatic heterocycles. The summed E-state index contributed by atoms with van der Waals surface area (Å²) in [7, 11) is 0. The highest BCUT2D eigenvalue weighted by Gasteiger charge is 2.29. The number of hydrogen-bond acceptors (Lipinski definition) is 5. The van der Waals surface area contributed by atoms with Gasteiger partial charge in [-0.3, -0.25) is 9.59 Å². The maximum atomic E-state index is 11.0. The third-order valence-corrected chi connectivity index (χ3v) is 3.17. The fourth-order valence-electron chi connectivity index (χ4n) is 1.45. The summed E-state index contributed by atoms with van der Waals surface area (Å²) in [5.74, 6) is -0.899. The predicted octanol–water partition coefficient (Wildman–Crippen LogP) is 1.40. The molecule has 0 radical (unpaired) electrons. The first-order valence-electron chi connectivity index (χ1n) is 4.31. The lowest BCUT2D eigenvalue weighted by Gasteiger charge is -2.17. The van der Waals surface area contributed by atoms with Crippen molar-refractivity contribution in [2.24, 2.45) is 0 Å². The lowest BCUT2D eigenvalue weighted by Crippen LogP contribution is -2.23. The summed E-state index contributed by atoms with van der Waals surface area (Å²) in [6.45, 7) is 1.90. The molecule has 0 aliphatic carbocycles. The van der Waals surface area contributed by atoms with Crippen molar-refractivity contribution in [2.75, 3.05) is 0 Å². The number of hydrogen-bond donors (Lipinski definition) is 0. The first-order chi connectivity index (χ1) is 6.65. The standard InChI is InChI=1S/C9H9NO3S/c1-5-10-4-7(14-5)6-2-8(11)13-9(12)3-6/h4,6H,2-3H2,1H3. The average Bonchev–Trinajstić information content (AvgIpc) is 2.50. The average molecular weight is 211 g/mol. The maximum Gasteiger partial charge on any atom is 0.314 e. The lowest BCUT2D eigenvalue weighted by molar-refractivity contribution is -0.163. The van der Waals surface area contributed by atoms with Gasteiger partial charge in [0.2, 0.25) is 0 Å². The van der Waals surface area contributed by atoms with Crippen LogP contribution < -0.4 is 0 Å². The Hall–Kier alpha value is -1.23. The van der Waals surface area contributed by atoms with E-state index in [1.165, 1.54) is 11.3 Å². The minimum atomic E-state index is -0.433. The van der Waals surface area contributed by atoms with Crippen molar-refractivity contribution in [1.82, 2.24) is 4.98 Å². The molecule has 0 atom stereocenters. The highest BCUT2D eigenvalue weighted by atomic mass is 32.1. The summed E-state index contributed by atoms with van der Waals surface area (Å²) >= 11 is 1.53. The van der Waals surface area contributed by atoms with Crippen molar-refractivity contribution in [3.63, 3.8) is 0 Å². The normalized spacial score (nSPS) is 18.4. The van der Waals surface area contributed by atoms with Gasteiger partial charge in [-0.1, -0.05) is 0 Å². The summed E-state index contributed by atoms with van der Waals surface area (Å²) in [4.78, 5) is 27.1. The third-order valence-electron chi connectivity index (χ3n) is 2.10. The zero-order chi connectivity index (χ0) is 10.1. The van der Waals surface area contributed by atoms with Crippen LogP contribution in [0.4, 0.5) is 0 Å². The fraction of sp³-hybridized carbons (Fsp3) is 0.444. The topological polar surface area (TPSA) is 56.3 Å². The number of nitrogens with zero attached hydrogens (tertiary/aromatic N) is 1. The van der Waals surface area contributed by atoms with Crippen molar-refractivity contribution >= 4 is 23.3 Å². The van der Waals surface area contributed by atoms with E-state index in [4.69, 9.17) is 0 Å². The van der Waals surface area contributed by atoms with E-state index in [9.17, 15) is 9.59 Å². The van der Waals surface area contributed by atoms with Crippen LogP contribution in [0, 0.1) is 6.92 Å². The summed E-state index contributed by atoms with van der Waals surface area (Å²) in [5, 5.41) is 0.950. The molecule has 1 saturated heterocycles. The summed E-state index contributed by atoms with van der Waals surface area (Å²) < 4.78 is 4.45. The minimum absolute atomic E-state index is 0.0325. The van der Waals surface area contributed by atoms with Gasteiger partial charge in [0.15, 0.2) is 0 Å². The molecule has 74 valence electrons. The number of aryl methyl sites for hydroxylation is 1. The first-order valence-corrected chi connectivity index (χ1v) is 5.12. The van der Waals surface area contributed by atoms with Crippen molar-refractivity contribution in [2.45, 2.75) is 25.7 Å². The van der Waals surface area contributed by atoms with Gasteiger partial charge in [-0.15, -0.1) is 11.3 Å². The highest BCUT2D eigenvalue weighted by Crippen LogP contribution is 2.31. The van der Waals surface area contributed by atoms with Crippen LogP contribution in [0.2, 0.25) is 0 Å². The molecule has 2 rings (SSSR count). The van der Waals surface area contributed by atoms with Crippen molar-refractivity contribution in [3.05, 3.63) is 16.1 Å². The molecule has 4 nitrogen and oxygen atoms in total. The molecule has 1 fully saturated rings. The molecular formula is C9H9NO3S. The van der Waals surface area contributed by atoms with Crippen LogP contribution in [0.5, 0.6) is 0 Å². The van der Waals surface area contributed by atoms with E-state index in [2.05, 4.69) is 9.72 Å². The van der Waals surface area contributed by atoms with Crippen molar-refractivity contribution in [1.29, 1.82) is 0 Å². The first kappa shape index (κ1) is 9.33. The smallest absolute Gasteiger partial charge is 0.314 e. The van der Waals surface area contributed by atoms with E-state index in [1.807, 2.05) is 6.92 Å². The van der Waals surface area contributed by atoms with E-state index in [0.717, 1.165) is 9.88 Å². The second-order valence-corrected chi connectivity index (χ2v) is 4.50. The summed E-state index contributed by atoms with van der Waals surface area (Å²) in [5.41, 5.74) is 0. The molecule has 0 N–H and O–H groups in total. The monoisotopic (exact) mass is 211 g/mol. The van der Waals surface area contributed by atoms with Crippen molar-refractivity contribution in [3.8, 4) is 0 Å². The van der Waals surface area contributed by atoms with E-state index in [1.54, 1.807) is 6.20 Å². The van der Waals surface area contributed by atoms with E-state index < -0.39 is 11.9 Å². The minimum Gasteiger partial charge on any atom is -0.393 e. The second kappa shape index (κ2) is 3.49. The highest BCUT2D eigenvalue weighted by molar-refractivity contribution is 7.11. The van der Waals surface area contributed by atoms with Crippen LogP contribution >= 0.6 is 11.3 Å². The molecular weight excluding hydrogens is 202 g/mol. The second-order valence-electron chi connectivity index (χ2n) is 3.23. The number of esters is 2. The molecule has 0 spiro atoms. The van der Waals surface area contributed by atoms with Crippen LogP contribution in [0.1, 0.15) is 28.6 Å². The Morgan fingerprint density at radius 3 is 2.57 bits per heavy atom. The van der Waals surface area contributed by atoms with Gasteiger partial charge in [0.1, 0.15) is 0 Å². The third kappa shape index (κ3) is 1.82. The van der Waals surface area contributed by atoms with Crippen LogP contribution in [-0.2, 0) is 14.3 Å². The van der Waals surface area contributed by atoms with Crippen LogP contribution in [0.3, 0.4) is 0 Å². The molecule has 0 bridgehead atoms. The molecule has 1 aromatic rings. The van der Waals surface area contributed by atoms with E-state index in [-0.39, 0.29) is 18.8 Å². The predicted molar refractivity (Wildman–Crippen MR) is 49.9 cm³/mol. The maximum absolute atomic E-state index is 11.0. The van der Waals surface area contributed by atoms with Gasteiger partial charge in [-0.2, -0.15) is 0 Å². The summed E-state index contributed by atoms with van der Waals surface area (Å²) in [6.07, 6.45) is 2.30. The number of cyclic esters (lactones) is 2. The molecule has 0 unspecified atom stereocenters. The molecule has 2 heterocycles.